The highest BCUT2D eigenvalue weighted by Gasteiger charge is 2.15. The molecule has 0 radical (unpaired) electrons. The number of carbonyl (C=O) groups is 2. The van der Waals surface area contributed by atoms with Crippen LogP contribution in [-0.4, -0.2) is 23.7 Å². The number of carbonyl (C=O) groups excluding carboxylic acids is 2. The molecule has 0 fully saturated rings. The lowest BCUT2D eigenvalue weighted by atomic mass is 10.0. The van der Waals surface area contributed by atoms with Crippen molar-refractivity contribution in [3.05, 3.63) is 59.7 Å². The zero-order valence-corrected chi connectivity index (χ0v) is 12.2. The van der Waals surface area contributed by atoms with E-state index in [2.05, 4.69) is 4.98 Å². The predicted molar refractivity (Wildman–Crippen MR) is 79.7 cm³/mol. The largest absolute Gasteiger partial charge is 0.494 e. The quantitative estimate of drug-likeness (QED) is 0.735. The Morgan fingerprint density at radius 2 is 1.82 bits per heavy atom. The minimum Gasteiger partial charge on any atom is -0.494 e. The van der Waals surface area contributed by atoms with Crippen LogP contribution in [0.4, 0.5) is 4.39 Å². The summed E-state index contributed by atoms with van der Waals surface area (Å²) in [5, 5.41) is 0. The Labute approximate surface area is 127 Å². The maximum Gasteiger partial charge on any atom is 0.185 e. The summed E-state index contributed by atoms with van der Waals surface area (Å²) in [7, 11) is 1.47. The second-order valence-corrected chi connectivity index (χ2v) is 4.73. The normalized spacial score (nSPS) is 10.3. The number of halogens is 1. The molecule has 114 valence electrons. The monoisotopic (exact) mass is 301 g/mol. The Kier molecular flexibility index (Phi) is 5.36. The van der Waals surface area contributed by atoms with E-state index < -0.39 is 5.82 Å². The number of methoxy groups -OCH3 is 1. The van der Waals surface area contributed by atoms with Crippen LogP contribution < -0.4 is 4.74 Å². The lowest BCUT2D eigenvalue weighted by Crippen LogP contribution is -2.07. The molecule has 0 amide bonds. The van der Waals surface area contributed by atoms with Crippen LogP contribution in [0, 0.1) is 5.82 Å². The molecule has 0 aliphatic heterocycles. The van der Waals surface area contributed by atoms with Crippen LogP contribution >= 0.6 is 0 Å². The Hall–Kier alpha value is -2.56. The van der Waals surface area contributed by atoms with Crippen molar-refractivity contribution in [3.8, 4) is 5.75 Å². The Morgan fingerprint density at radius 3 is 2.55 bits per heavy atom. The lowest BCUT2D eigenvalue weighted by Gasteiger charge is -2.06. The van der Waals surface area contributed by atoms with Gasteiger partial charge in [0.2, 0.25) is 0 Å². The van der Waals surface area contributed by atoms with E-state index in [9.17, 15) is 14.0 Å². The number of benzene rings is 1. The van der Waals surface area contributed by atoms with Crippen molar-refractivity contribution in [1.82, 2.24) is 4.98 Å². The van der Waals surface area contributed by atoms with E-state index in [4.69, 9.17) is 4.74 Å². The number of pyridine rings is 1. The van der Waals surface area contributed by atoms with Gasteiger partial charge < -0.3 is 4.74 Å². The van der Waals surface area contributed by atoms with Crippen LogP contribution in [0.15, 0.2) is 42.6 Å². The fourth-order valence-corrected chi connectivity index (χ4v) is 2.11. The second-order valence-electron chi connectivity index (χ2n) is 4.73. The smallest absolute Gasteiger partial charge is 0.185 e. The fraction of sp³-hybridized carbons (Fsp3) is 0.235. The second kappa shape index (κ2) is 7.45. The van der Waals surface area contributed by atoms with E-state index >= 15 is 0 Å². The van der Waals surface area contributed by atoms with Gasteiger partial charge in [-0.1, -0.05) is 12.1 Å². The third kappa shape index (κ3) is 3.75. The van der Waals surface area contributed by atoms with Crippen LogP contribution in [0.25, 0.3) is 0 Å². The molecular formula is C17H16FNO3. The van der Waals surface area contributed by atoms with E-state index in [1.165, 1.54) is 31.5 Å². The zero-order chi connectivity index (χ0) is 15.9. The molecule has 1 aromatic carbocycles. The van der Waals surface area contributed by atoms with Crippen molar-refractivity contribution in [1.29, 1.82) is 0 Å². The highest BCUT2D eigenvalue weighted by atomic mass is 19.1. The van der Waals surface area contributed by atoms with Gasteiger partial charge >= 0.3 is 0 Å². The molecule has 0 unspecified atom stereocenters. The summed E-state index contributed by atoms with van der Waals surface area (Å²) in [4.78, 5) is 28.0. The summed E-state index contributed by atoms with van der Waals surface area (Å²) < 4.78 is 18.6. The first-order valence-corrected chi connectivity index (χ1v) is 6.93. The Bertz CT molecular complexity index is 685. The maximum atomic E-state index is 13.5. The highest BCUT2D eigenvalue weighted by Crippen LogP contribution is 2.18. The van der Waals surface area contributed by atoms with Crippen molar-refractivity contribution in [2.24, 2.45) is 0 Å². The van der Waals surface area contributed by atoms with E-state index in [-0.39, 0.29) is 35.7 Å². The van der Waals surface area contributed by atoms with Gasteiger partial charge in [0.25, 0.3) is 0 Å². The molecule has 0 N–H and O–H groups in total. The first-order valence-electron chi connectivity index (χ1n) is 6.93. The number of rotatable bonds is 7. The number of aromatic nitrogens is 1. The van der Waals surface area contributed by atoms with Gasteiger partial charge in [-0.2, -0.15) is 0 Å². The summed E-state index contributed by atoms with van der Waals surface area (Å²) in [5.74, 6) is -0.629. The van der Waals surface area contributed by atoms with Crippen LogP contribution in [0.1, 0.15) is 40.1 Å². The molecule has 1 aromatic heterocycles. The van der Waals surface area contributed by atoms with Gasteiger partial charge in [0, 0.05) is 19.0 Å². The molecule has 1 heterocycles. The van der Waals surface area contributed by atoms with Gasteiger partial charge in [-0.3, -0.25) is 9.59 Å². The van der Waals surface area contributed by atoms with Crippen molar-refractivity contribution < 1.29 is 18.7 Å². The van der Waals surface area contributed by atoms with Gasteiger partial charge in [-0.15, -0.1) is 0 Å². The Morgan fingerprint density at radius 1 is 1.09 bits per heavy atom. The summed E-state index contributed by atoms with van der Waals surface area (Å²) in [5.41, 5.74) is 0.314. The average molecular weight is 301 g/mol. The molecule has 5 heteroatoms. The first-order chi connectivity index (χ1) is 10.6. The summed E-state index contributed by atoms with van der Waals surface area (Å²) in [6, 6.07) is 9.17. The van der Waals surface area contributed by atoms with Gasteiger partial charge in [-0.25, -0.2) is 9.37 Å². The number of ether oxygens (including phenoxy) is 1. The topological polar surface area (TPSA) is 56.3 Å². The molecule has 0 saturated carbocycles. The van der Waals surface area contributed by atoms with Crippen LogP contribution in [0.2, 0.25) is 0 Å². The summed E-state index contributed by atoms with van der Waals surface area (Å²) in [6.45, 7) is 0. The zero-order valence-electron chi connectivity index (χ0n) is 12.2. The maximum absolute atomic E-state index is 13.5. The van der Waals surface area contributed by atoms with E-state index in [0.29, 0.717) is 12.2 Å². The average Bonchev–Trinajstić information content (AvgIpc) is 2.55. The molecule has 2 rings (SSSR count). The first kappa shape index (κ1) is 15.8. The molecule has 2 aromatic rings. The molecule has 0 atom stereocenters. The molecule has 22 heavy (non-hydrogen) atoms. The van der Waals surface area contributed by atoms with Crippen LogP contribution in [0.3, 0.4) is 0 Å². The number of hydrogen-bond donors (Lipinski definition) is 0. The van der Waals surface area contributed by atoms with Gasteiger partial charge in [0.05, 0.1) is 12.7 Å². The van der Waals surface area contributed by atoms with Gasteiger partial charge in [-0.05, 0) is 30.7 Å². The van der Waals surface area contributed by atoms with E-state index in [1.807, 2.05) is 0 Å². The number of hydrogen-bond acceptors (Lipinski definition) is 4. The van der Waals surface area contributed by atoms with Crippen molar-refractivity contribution in [2.75, 3.05) is 7.11 Å². The summed E-state index contributed by atoms with van der Waals surface area (Å²) in [6.07, 6.45) is 2.13. The third-order valence-electron chi connectivity index (χ3n) is 3.24. The van der Waals surface area contributed by atoms with Crippen LogP contribution in [0.5, 0.6) is 5.75 Å². The molecule has 0 spiro atoms. The van der Waals surface area contributed by atoms with Crippen LogP contribution in [-0.2, 0) is 0 Å². The summed E-state index contributed by atoms with van der Waals surface area (Å²) >= 11 is 0. The number of nitrogens with zero attached hydrogens (tertiary/aromatic N) is 1. The third-order valence-corrected chi connectivity index (χ3v) is 3.24. The molecule has 0 saturated heterocycles. The SMILES string of the molecule is COc1cccnc1C(=O)CCCC(=O)c1ccccc1F. The molecule has 0 bridgehead atoms. The Balaban J connectivity index is 1.92. The molecule has 0 aliphatic carbocycles. The van der Waals surface area contributed by atoms with E-state index in [1.54, 1.807) is 18.2 Å². The molecule has 4 nitrogen and oxygen atoms in total. The lowest BCUT2D eigenvalue weighted by molar-refractivity contribution is 0.0951. The minimum absolute atomic E-state index is 0.0605. The standard InChI is InChI=1S/C17H16FNO3/c1-22-16-10-5-11-19-17(16)15(21)9-4-8-14(20)12-6-2-3-7-13(12)18/h2-3,5-7,10-11H,4,8-9H2,1H3. The van der Waals surface area contributed by atoms with E-state index in [0.717, 1.165) is 0 Å². The van der Waals surface area contributed by atoms with Crippen molar-refractivity contribution in [3.63, 3.8) is 0 Å². The number of Topliss-reactive ketones (excluding diaryl/α,β-unsaturated/α-hetero) is 2. The van der Waals surface area contributed by atoms with Crippen molar-refractivity contribution >= 4 is 11.6 Å². The number of ketones is 2. The fourth-order valence-electron chi connectivity index (χ4n) is 2.11. The predicted octanol–water partition coefficient (Wildman–Crippen LogP) is 3.47. The van der Waals surface area contributed by atoms with Crippen molar-refractivity contribution in [2.45, 2.75) is 19.3 Å². The van der Waals surface area contributed by atoms with Gasteiger partial charge in [0.1, 0.15) is 17.3 Å². The highest BCUT2D eigenvalue weighted by molar-refractivity contribution is 5.98. The van der Waals surface area contributed by atoms with Gasteiger partial charge in [0.15, 0.2) is 11.6 Å². The molecular weight excluding hydrogens is 285 g/mol. The minimum atomic E-state index is -0.537. The molecule has 0 aliphatic rings.